The van der Waals surface area contributed by atoms with Crippen LogP contribution in [0.5, 0.6) is 0 Å². The van der Waals surface area contributed by atoms with E-state index in [-0.39, 0.29) is 11.9 Å². The average molecular weight is 211 g/mol. The van der Waals surface area contributed by atoms with Crippen LogP contribution in [-0.4, -0.2) is 12.6 Å². The second kappa shape index (κ2) is 7.10. The number of ether oxygens (including phenoxy) is 1. The fourth-order valence-corrected chi connectivity index (χ4v) is 1.23. The molecule has 3 nitrogen and oxygen atoms in total. The fourth-order valence-electron chi connectivity index (χ4n) is 1.23. The molecule has 86 valence electrons. The minimum absolute atomic E-state index is 0.144. The molecular weight excluding hydrogens is 190 g/mol. The molecular formula is C12H21NO2. The third-order valence-corrected chi connectivity index (χ3v) is 2.38. The lowest BCUT2D eigenvalue weighted by atomic mass is 9.92. The summed E-state index contributed by atoms with van der Waals surface area (Å²) in [6, 6.07) is 0. The number of esters is 1. The zero-order chi connectivity index (χ0) is 11.8. The van der Waals surface area contributed by atoms with Crippen molar-refractivity contribution in [2.75, 3.05) is 6.61 Å². The molecule has 0 heterocycles. The standard InChI is InChI=1S/C12H21NO2/c1-5-7-9(3)10(4)11(13)8-12(14)15-6-2/h5,7-10H,6,13H2,1-4H3/b7-5+,11-8?. The lowest BCUT2D eigenvalue weighted by molar-refractivity contribution is -0.137. The van der Waals surface area contributed by atoms with Crippen LogP contribution in [0.15, 0.2) is 23.9 Å². The van der Waals surface area contributed by atoms with E-state index in [4.69, 9.17) is 10.5 Å². The molecule has 0 saturated carbocycles. The van der Waals surface area contributed by atoms with Crippen LogP contribution in [-0.2, 0) is 9.53 Å². The van der Waals surface area contributed by atoms with Crippen LogP contribution < -0.4 is 5.73 Å². The van der Waals surface area contributed by atoms with Gasteiger partial charge in [0.15, 0.2) is 0 Å². The van der Waals surface area contributed by atoms with Gasteiger partial charge in [-0.2, -0.15) is 0 Å². The molecule has 2 N–H and O–H groups in total. The van der Waals surface area contributed by atoms with Gasteiger partial charge in [-0.3, -0.25) is 0 Å². The molecule has 0 aromatic carbocycles. The molecule has 2 unspecified atom stereocenters. The maximum Gasteiger partial charge on any atom is 0.332 e. The summed E-state index contributed by atoms with van der Waals surface area (Å²) in [6.07, 6.45) is 5.42. The Morgan fingerprint density at radius 3 is 2.53 bits per heavy atom. The van der Waals surface area contributed by atoms with Crippen molar-refractivity contribution in [1.82, 2.24) is 0 Å². The Morgan fingerprint density at radius 2 is 2.07 bits per heavy atom. The highest BCUT2D eigenvalue weighted by Gasteiger charge is 2.13. The van der Waals surface area contributed by atoms with E-state index in [1.807, 2.05) is 19.9 Å². The molecule has 0 saturated heterocycles. The monoisotopic (exact) mass is 211 g/mol. The van der Waals surface area contributed by atoms with Crippen molar-refractivity contribution in [2.45, 2.75) is 27.7 Å². The fraction of sp³-hybridized carbons (Fsp3) is 0.583. The van der Waals surface area contributed by atoms with Gasteiger partial charge in [-0.25, -0.2) is 4.79 Å². The smallest absolute Gasteiger partial charge is 0.332 e. The summed E-state index contributed by atoms with van der Waals surface area (Å²) in [5, 5.41) is 0. The van der Waals surface area contributed by atoms with Gasteiger partial charge in [-0.15, -0.1) is 0 Å². The molecule has 0 radical (unpaired) electrons. The normalized spacial score (nSPS) is 16.4. The molecule has 2 atom stereocenters. The molecule has 0 aromatic rings. The van der Waals surface area contributed by atoms with Crippen LogP contribution in [0.3, 0.4) is 0 Å². The van der Waals surface area contributed by atoms with Crippen LogP contribution in [0, 0.1) is 11.8 Å². The van der Waals surface area contributed by atoms with Gasteiger partial charge < -0.3 is 10.5 Å². The highest BCUT2D eigenvalue weighted by Crippen LogP contribution is 2.17. The SMILES string of the molecule is C/C=C/C(C)C(C)C(N)=CC(=O)OCC. The van der Waals surface area contributed by atoms with Gasteiger partial charge in [-0.1, -0.05) is 26.0 Å². The lowest BCUT2D eigenvalue weighted by Gasteiger charge is -2.16. The number of carbonyl (C=O) groups excluding carboxylic acids is 1. The van der Waals surface area contributed by atoms with E-state index in [0.29, 0.717) is 18.2 Å². The molecule has 0 spiro atoms. The van der Waals surface area contributed by atoms with Gasteiger partial charge in [0.2, 0.25) is 0 Å². The Labute approximate surface area is 92.0 Å². The number of carbonyl (C=O) groups is 1. The quantitative estimate of drug-likeness (QED) is 0.431. The molecule has 3 heteroatoms. The highest BCUT2D eigenvalue weighted by atomic mass is 16.5. The Balaban J connectivity index is 4.41. The van der Waals surface area contributed by atoms with Gasteiger partial charge in [0, 0.05) is 17.7 Å². The molecule has 0 aliphatic carbocycles. The van der Waals surface area contributed by atoms with Crippen LogP contribution >= 0.6 is 0 Å². The van der Waals surface area contributed by atoms with Gasteiger partial charge in [0.25, 0.3) is 0 Å². The number of nitrogens with two attached hydrogens (primary N) is 1. The average Bonchev–Trinajstić information content (AvgIpc) is 2.17. The molecule has 15 heavy (non-hydrogen) atoms. The summed E-state index contributed by atoms with van der Waals surface area (Å²) in [6.45, 7) is 8.18. The summed E-state index contributed by atoms with van der Waals surface area (Å²) in [4.78, 5) is 11.1. The van der Waals surface area contributed by atoms with Crippen LogP contribution in [0.4, 0.5) is 0 Å². The second-order valence-electron chi connectivity index (χ2n) is 3.57. The van der Waals surface area contributed by atoms with Crippen molar-refractivity contribution in [3.8, 4) is 0 Å². The second-order valence-corrected chi connectivity index (χ2v) is 3.57. The van der Waals surface area contributed by atoms with E-state index < -0.39 is 0 Å². The van der Waals surface area contributed by atoms with Gasteiger partial charge >= 0.3 is 5.97 Å². The third-order valence-electron chi connectivity index (χ3n) is 2.38. The van der Waals surface area contributed by atoms with Crippen molar-refractivity contribution < 1.29 is 9.53 Å². The van der Waals surface area contributed by atoms with E-state index in [1.54, 1.807) is 6.92 Å². The highest BCUT2D eigenvalue weighted by molar-refractivity contribution is 5.82. The molecule has 0 aliphatic rings. The van der Waals surface area contributed by atoms with E-state index >= 15 is 0 Å². The van der Waals surface area contributed by atoms with Gasteiger partial charge in [0.1, 0.15) is 0 Å². The predicted octanol–water partition coefficient (Wildman–Crippen LogP) is 2.24. The van der Waals surface area contributed by atoms with Crippen LogP contribution in [0.25, 0.3) is 0 Å². The molecule has 0 fully saturated rings. The Kier molecular flexibility index (Phi) is 6.50. The van der Waals surface area contributed by atoms with E-state index in [1.165, 1.54) is 6.08 Å². The first-order chi connectivity index (χ1) is 7.02. The summed E-state index contributed by atoms with van der Waals surface area (Å²) in [7, 11) is 0. The first kappa shape index (κ1) is 13.8. The summed E-state index contributed by atoms with van der Waals surface area (Å²) in [5.74, 6) is 0.0980. The number of hydrogen-bond acceptors (Lipinski definition) is 3. The van der Waals surface area contributed by atoms with Crippen LogP contribution in [0.2, 0.25) is 0 Å². The molecule has 0 aromatic heterocycles. The maximum atomic E-state index is 11.1. The van der Waals surface area contributed by atoms with Gasteiger partial charge in [-0.05, 0) is 19.8 Å². The van der Waals surface area contributed by atoms with Crippen LogP contribution in [0.1, 0.15) is 27.7 Å². The minimum Gasteiger partial charge on any atom is -0.463 e. The molecule has 0 aliphatic heterocycles. The molecule has 0 bridgehead atoms. The van der Waals surface area contributed by atoms with Crippen molar-refractivity contribution in [2.24, 2.45) is 17.6 Å². The lowest BCUT2D eigenvalue weighted by Crippen LogP contribution is -2.17. The zero-order valence-corrected chi connectivity index (χ0v) is 9.99. The van der Waals surface area contributed by atoms with E-state index in [2.05, 4.69) is 13.0 Å². The van der Waals surface area contributed by atoms with Crippen molar-refractivity contribution in [3.63, 3.8) is 0 Å². The number of allylic oxidation sites excluding steroid dienone is 3. The van der Waals surface area contributed by atoms with Crippen molar-refractivity contribution in [1.29, 1.82) is 0 Å². The topological polar surface area (TPSA) is 52.3 Å². The number of rotatable bonds is 5. The van der Waals surface area contributed by atoms with Crippen molar-refractivity contribution >= 4 is 5.97 Å². The summed E-state index contributed by atoms with van der Waals surface area (Å²) in [5.41, 5.74) is 6.37. The van der Waals surface area contributed by atoms with Crippen molar-refractivity contribution in [3.05, 3.63) is 23.9 Å². The third kappa shape index (κ3) is 5.25. The zero-order valence-electron chi connectivity index (χ0n) is 9.99. The maximum absolute atomic E-state index is 11.1. The first-order valence-electron chi connectivity index (χ1n) is 5.29. The van der Waals surface area contributed by atoms with E-state index in [0.717, 1.165) is 0 Å². The largest absolute Gasteiger partial charge is 0.463 e. The Hall–Kier alpha value is -1.25. The van der Waals surface area contributed by atoms with E-state index in [9.17, 15) is 4.79 Å². The van der Waals surface area contributed by atoms with Gasteiger partial charge in [0.05, 0.1) is 6.61 Å². The summed E-state index contributed by atoms with van der Waals surface area (Å²) < 4.78 is 4.79. The summed E-state index contributed by atoms with van der Waals surface area (Å²) >= 11 is 0. The predicted molar refractivity (Wildman–Crippen MR) is 62.0 cm³/mol. The molecule has 0 amide bonds. The molecule has 0 rings (SSSR count). The Morgan fingerprint density at radius 1 is 1.47 bits per heavy atom. The minimum atomic E-state index is -0.366. The number of hydrogen-bond donors (Lipinski definition) is 1. The Bertz CT molecular complexity index is 256. The first-order valence-corrected chi connectivity index (χ1v) is 5.29.